The van der Waals surface area contributed by atoms with Gasteiger partial charge >= 0.3 is 0 Å². The van der Waals surface area contributed by atoms with Gasteiger partial charge in [-0.1, -0.05) is 12.1 Å². The summed E-state index contributed by atoms with van der Waals surface area (Å²) in [6.07, 6.45) is 2.68. The average molecular weight is 219 g/mol. The first-order valence-corrected chi connectivity index (χ1v) is 5.63. The third-order valence-corrected chi connectivity index (χ3v) is 2.57. The van der Waals surface area contributed by atoms with Crippen LogP contribution in [0.15, 0.2) is 30.6 Å². The molecule has 16 heavy (non-hydrogen) atoms. The third kappa shape index (κ3) is 2.59. The molecule has 1 aromatic carbocycles. The predicted molar refractivity (Wildman–Crippen MR) is 64.3 cm³/mol. The SMILES string of the molecule is OCCCNCCn1cnc2ccccc21. The highest BCUT2D eigenvalue weighted by Crippen LogP contribution is 2.10. The van der Waals surface area contributed by atoms with Gasteiger partial charge in [0.2, 0.25) is 0 Å². The van der Waals surface area contributed by atoms with Gasteiger partial charge in [-0.05, 0) is 25.1 Å². The molecule has 0 saturated carbocycles. The molecule has 0 amide bonds. The monoisotopic (exact) mass is 219 g/mol. The Hall–Kier alpha value is -1.39. The molecule has 0 aliphatic heterocycles. The summed E-state index contributed by atoms with van der Waals surface area (Å²) in [7, 11) is 0. The molecule has 0 aliphatic carbocycles. The molecule has 0 bridgehead atoms. The summed E-state index contributed by atoms with van der Waals surface area (Å²) in [6, 6.07) is 8.12. The van der Waals surface area contributed by atoms with Gasteiger partial charge in [0.25, 0.3) is 0 Å². The maximum atomic E-state index is 8.64. The van der Waals surface area contributed by atoms with Gasteiger partial charge in [-0.15, -0.1) is 0 Å². The van der Waals surface area contributed by atoms with Crippen LogP contribution in [0.25, 0.3) is 11.0 Å². The van der Waals surface area contributed by atoms with E-state index in [1.807, 2.05) is 24.5 Å². The van der Waals surface area contributed by atoms with Crippen molar-refractivity contribution >= 4 is 11.0 Å². The zero-order chi connectivity index (χ0) is 11.2. The van der Waals surface area contributed by atoms with Gasteiger partial charge in [-0.3, -0.25) is 0 Å². The molecule has 0 fully saturated rings. The average Bonchev–Trinajstić information content (AvgIpc) is 2.73. The van der Waals surface area contributed by atoms with E-state index in [0.29, 0.717) is 0 Å². The molecule has 86 valence electrons. The number of nitrogens with one attached hydrogen (secondary N) is 1. The van der Waals surface area contributed by atoms with Crippen molar-refractivity contribution in [2.24, 2.45) is 0 Å². The molecule has 0 aliphatic rings. The van der Waals surface area contributed by atoms with Crippen LogP contribution in [0, 0.1) is 0 Å². The van der Waals surface area contributed by atoms with E-state index < -0.39 is 0 Å². The minimum absolute atomic E-state index is 0.251. The number of hydrogen-bond acceptors (Lipinski definition) is 3. The van der Waals surface area contributed by atoms with Crippen molar-refractivity contribution < 1.29 is 5.11 Å². The number of aliphatic hydroxyl groups is 1. The van der Waals surface area contributed by atoms with Crippen LogP contribution in [0.5, 0.6) is 0 Å². The molecule has 4 nitrogen and oxygen atoms in total. The lowest BCUT2D eigenvalue weighted by Gasteiger charge is -2.05. The van der Waals surface area contributed by atoms with Gasteiger partial charge in [0.1, 0.15) is 0 Å². The van der Waals surface area contributed by atoms with E-state index in [1.54, 1.807) is 0 Å². The van der Waals surface area contributed by atoms with E-state index >= 15 is 0 Å². The predicted octanol–water partition coefficient (Wildman–Crippen LogP) is 1.01. The lowest BCUT2D eigenvalue weighted by Crippen LogP contribution is -2.21. The minimum atomic E-state index is 0.251. The van der Waals surface area contributed by atoms with E-state index in [0.717, 1.165) is 31.6 Å². The maximum Gasteiger partial charge on any atom is 0.0958 e. The summed E-state index contributed by atoms with van der Waals surface area (Å²) in [5.74, 6) is 0. The molecule has 0 spiro atoms. The first kappa shape index (κ1) is 11.1. The van der Waals surface area contributed by atoms with Crippen LogP contribution in [-0.4, -0.2) is 34.4 Å². The van der Waals surface area contributed by atoms with Crippen LogP contribution in [0.2, 0.25) is 0 Å². The molecule has 2 rings (SSSR count). The first-order chi connectivity index (χ1) is 7.92. The normalized spacial score (nSPS) is 11.1. The Balaban J connectivity index is 1.89. The van der Waals surface area contributed by atoms with E-state index in [2.05, 4.69) is 20.9 Å². The van der Waals surface area contributed by atoms with Crippen LogP contribution in [-0.2, 0) is 6.54 Å². The molecule has 0 atom stereocenters. The molecule has 0 saturated heterocycles. The van der Waals surface area contributed by atoms with Gasteiger partial charge < -0.3 is 15.0 Å². The smallest absolute Gasteiger partial charge is 0.0958 e. The fourth-order valence-electron chi connectivity index (χ4n) is 1.72. The number of hydrogen-bond donors (Lipinski definition) is 2. The molecule has 1 heterocycles. The van der Waals surface area contributed by atoms with Crippen LogP contribution in [0.1, 0.15) is 6.42 Å². The summed E-state index contributed by atoms with van der Waals surface area (Å²) in [5.41, 5.74) is 2.21. The lowest BCUT2D eigenvalue weighted by atomic mass is 10.3. The second kappa shape index (κ2) is 5.63. The molecule has 0 unspecified atom stereocenters. The fraction of sp³-hybridized carbons (Fsp3) is 0.417. The fourth-order valence-corrected chi connectivity index (χ4v) is 1.72. The summed E-state index contributed by atoms with van der Waals surface area (Å²) in [5, 5.41) is 11.9. The first-order valence-electron chi connectivity index (χ1n) is 5.63. The largest absolute Gasteiger partial charge is 0.396 e. The second-order valence-corrected chi connectivity index (χ2v) is 3.75. The van der Waals surface area contributed by atoms with Crippen LogP contribution >= 0.6 is 0 Å². The number of aromatic nitrogens is 2. The number of para-hydroxylation sites is 2. The van der Waals surface area contributed by atoms with Crippen molar-refractivity contribution in [1.82, 2.24) is 14.9 Å². The van der Waals surface area contributed by atoms with Crippen molar-refractivity contribution in [1.29, 1.82) is 0 Å². The Bertz CT molecular complexity index is 439. The van der Waals surface area contributed by atoms with E-state index in [9.17, 15) is 0 Å². The number of rotatable bonds is 6. The van der Waals surface area contributed by atoms with Crippen molar-refractivity contribution in [2.75, 3.05) is 19.7 Å². The van der Waals surface area contributed by atoms with E-state index in [4.69, 9.17) is 5.11 Å². The molecule has 2 aromatic rings. The second-order valence-electron chi connectivity index (χ2n) is 3.75. The van der Waals surface area contributed by atoms with Crippen molar-refractivity contribution in [3.05, 3.63) is 30.6 Å². The molecule has 4 heteroatoms. The van der Waals surface area contributed by atoms with E-state index in [1.165, 1.54) is 5.52 Å². The van der Waals surface area contributed by atoms with Gasteiger partial charge in [-0.25, -0.2) is 4.98 Å². The zero-order valence-corrected chi connectivity index (χ0v) is 9.26. The summed E-state index contributed by atoms with van der Waals surface area (Å²) >= 11 is 0. The van der Waals surface area contributed by atoms with Gasteiger partial charge in [-0.2, -0.15) is 0 Å². The summed E-state index contributed by atoms with van der Waals surface area (Å²) in [6.45, 7) is 2.93. The Morgan fingerprint density at radius 3 is 3.00 bits per heavy atom. The number of fused-ring (bicyclic) bond motifs is 1. The number of aliphatic hydroxyl groups excluding tert-OH is 1. The van der Waals surface area contributed by atoms with Gasteiger partial charge in [0, 0.05) is 19.7 Å². The molecule has 1 aromatic heterocycles. The topological polar surface area (TPSA) is 50.1 Å². The number of benzene rings is 1. The highest BCUT2D eigenvalue weighted by atomic mass is 16.3. The minimum Gasteiger partial charge on any atom is -0.396 e. The summed E-state index contributed by atoms with van der Waals surface area (Å²) < 4.78 is 2.14. The standard InChI is InChI=1S/C12H17N3O/c16-9-3-6-13-7-8-15-10-14-11-4-1-2-5-12(11)15/h1-2,4-5,10,13,16H,3,6-9H2. The van der Waals surface area contributed by atoms with Crippen LogP contribution < -0.4 is 5.32 Å². The maximum absolute atomic E-state index is 8.64. The lowest BCUT2D eigenvalue weighted by molar-refractivity contribution is 0.286. The quantitative estimate of drug-likeness (QED) is 0.713. The van der Waals surface area contributed by atoms with Gasteiger partial charge in [0.15, 0.2) is 0 Å². The highest BCUT2D eigenvalue weighted by molar-refractivity contribution is 5.74. The van der Waals surface area contributed by atoms with Crippen molar-refractivity contribution in [3.63, 3.8) is 0 Å². The van der Waals surface area contributed by atoms with Crippen LogP contribution in [0.3, 0.4) is 0 Å². The molecule has 0 radical (unpaired) electrons. The zero-order valence-electron chi connectivity index (χ0n) is 9.26. The Morgan fingerprint density at radius 2 is 2.12 bits per heavy atom. The Morgan fingerprint density at radius 1 is 1.25 bits per heavy atom. The van der Waals surface area contributed by atoms with Crippen LogP contribution in [0.4, 0.5) is 0 Å². The third-order valence-electron chi connectivity index (χ3n) is 2.57. The van der Waals surface area contributed by atoms with Crippen molar-refractivity contribution in [3.8, 4) is 0 Å². The molecular formula is C12H17N3O. The number of imidazole rings is 1. The summed E-state index contributed by atoms with van der Waals surface area (Å²) in [4.78, 5) is 4.33. The Kier molecular flexibility index (Phi) is 3.91. The highest BCUT2D eigenvalue weighted by Gasteiger charge is 1.99. The molecular weight excluding hydrogens is 202 g/mol. The Labute approximate surface area is 94.9 Å². The van der Waals surface area contributed by atoms with Gasteiger partial charge in [0.05, 0.1) is 17.4 Å². The number of nitrogens with zero attached hydrogens (tertiary/aromatic N) is 2. The van der Waals surface area contributed by atoms with E-state index in [-0.39, 0.29) is 6.61 Å². The van der Waals surface area contributed by atoms with Crippen molar-refractivity contribution in [2.45, 2.75) is 13.0 Å². The molecule has 2 N–H and O–H groups in total.